The summed E-state index contributed by atoms with van der Waals surface area (Å²) in [6.07, 6.45) is 3.56. The van der Waals surface area contributed by atoms with Crippen molar-refractivity contribution in [1.29, 1.82) is 0 Å². The fraction of sp³-hybridized carbons (Fsp3) is 0.455. The minimum Gasteiger partial charge on any atom is -0.337 e. The minimum absolute atomic E-state index is 0. The molecule has 2 aromatic rings. The molecular weight excluding hydrogens is 258 g/mol. The topological polar surface area (TPSA) is 51.0 Å². The summed E-state index contributed by atoms with van der Waals surface area (Å²) in [5.74, 6) is 1.42. The van der Waals surface area contributed by atoms with E-state index < -0.39 is 0 Å². The molecule has 0 amide bonds. The van der Waals surface area contributed by atoms with Gasteiger partial charge in [-0.3, -0.25) is 0 Å². The first-order chi connectivity index (χ1) is 7.93. The fourth-order valence-electron chi connectivity index (χ4n) is 1.95. The van der Waals surface area contributed by atoms with Crippen molar-refractivity contribution in [3.63, 3.8) is 0 Å². The zero-order valence-corrected chi connectivity index (χ0v) is 10.9. The maximum Gasteiger partial charge on any atom is 0.244 e. The number of nitrogens with zero attached hydrogens (tertiary/aromatic N) is 2. The molecule has 0 unspecified atom stereocenters. The molecule has 0 aliphatic carbocycles. The number of rotatable bonds is 2. The molecule has 0 spiro atoms. The van der Waals surface area contributed by atoms with Gasteiger partial charge in [-0.25, -0.2) is 0 Å². The second-order valence-electron chi connectivity index (χ2n) is 3.97. The maximum absolute atomic E-state index is 5.31. The van der Waals surface area contributed by atoms with E-state index in [-0.39, 0.29) is 18.4 Å². The van der Waals surface area contributed by atoms with Gasteiger partial charge in [0.05, 0.1) is 6.04 Å². The van der Waals surface area contributed by atoms with Crippen LogP contribution in [-0.4, -0.2) is 16.7 Å². The van der Waals surface area contributed by atoms with Gasteiger partial charge in [-0.05, 0) is 30.8 Å². The molecule has 3 rings (SSSR count). The fourth-order valence-corrected chi connectivity index (χ4v) is 2.58. The summed E-state index contributed by atoms with van der Waals surface area (Å²) in [7, 11) is 0. The third-order valence-electron chi connectivity index (χ3n) is 2.83. The Morgan fingerprint density at radius 2 is 2.35 bits per heavy atom. The molecule has 6 heteroatoms. The third-order valence-corrected chi connectivity index (χ3v) is 3.51. The van der Waals surface area contributed by atoms with Gasteiger partial charge in [0, 0.05) is 10.9 Å². The Hall–Kier alpha value is -0.910. The van der Waals surface area contributed by atoms with Gasteiger partial charge >= 0.3 is 0 Å². The standard InChI is InChI=1S/C11H13N3OS.ClH/c1-2-5-12-9(3-1)11-13-10(14-15-11)8-4-6-16-7-8;/h4,6-7,9,12H,1-3,5H2;1H/t9-;/m1./s1. The number of hydrogen-bond donors (Lipinski definition) is 1. The van der Waals surface area contributed by atoms with Crippen molar-refractivity contribution in [3.05, 3.63) is 22.7 Å². The molecule has 3 heterocycles. The van der Waals surface area contributed by atoms with E-state index in [1.807, 2.05) is 16.8 Å². The highest BCUT2D eigenvalue weighted by Gasteiger charge is 2.21. The lowest BCUT2D eigenvalue weighted by Crippen LogP contribution is -2.26. The summed E-state index contributed by atoms with van der Waals surface area (Å²) in [5.41, 5.74) is 1.04. The first kappa shape index (κ1) is 12.5. The van der Waals surface area contributed by atoms with E-state index in [9.17, 15) is 0 Å². The van der Waals surface area contributed by atoms with E-state index in [4.69, 9.17) is 4.52 Å². The van der Waals surface area contributed by atoms with Gasteiger partial charge in [-0.15, -0.1) is 12.4 Å². The Bertz CT molecular complexity index is 451. The molecule has 0 bridgehead atoms. The van der Waals surface area contributed by atoms with Gasteiger partial charge in [0.2, 0.25) is 11.7 Å². The molecule has 1 fully saturated rings. The number of nitrogens with one attached hydrogen (secondary N) is 1. The molecule has 0 radical (unpaired) electrons. The summed E-state index contributed by atoms with van der Waals surface area (Å²) in [4.78, 5) is 4.44. The first-order valence-electron chi connectivity index (χ1n) is 5.53. The molecule has 92 valence electrons. The van der Waals surface area contributed by atoms with Crippen molar-refractivity contribution in [2.45, 2.75) is 25.3 Å². The number of piperidine rings is 1. The Morgan fingerprint density at radius 1 is 1.41 bits per heavy atom. The smallest absolute Gasteiger partial charge is 0.244 e. The molecular formula is C11H14ClN3OS. The molecule has 1 aliphatic rings. The van der Waals surface area contributed by atoms with Crippen molar-refractivity contribution < 1.29 is 4.52 Å². The van der Waals surface area contributed by atoms with Crippen LogP contribution in [0.5, 0.6) is 0 Å². The van der Waals surface area contributed by atoms with Crippen LogP contribution in [0.4, 0.5) is 0 Å². The van der Waals surface area contributed by atoms with E-state index in [1.54, 1.807) is 11.3 Å². The van der Waals surface area contributed by atoms with Crippen LogP contribution in [0.3, 0.4) is 0 Å². The number of aromatic nitrogens is 2. The molecule has 0 saturated carbocycles. The molecule has 0 aromatic carbocycles. The largest absolute Gasteiger partial charge is 0.337 e. The predicted molar refractivity (Wildman–Crippen MR) is 69.5 cm³/mol. The van der Waals surface area contributed by atoms with Crippen LogP contribution in [0.25, 0.3) is 11.4 Å². The Labute approximate surface area is 110 Å². The predicted octanol–water partition coefficient (Wildman–Crippen LogP) is 3.03. The molecule has 1 N–H and O–H groups in total. The molecule has 1 saturated heterocycles. The second kappa shape index (κ2) is 5.62. The van der Waals surface area contributed by atoms with Gasteiger partial charge in [0.25, 0.3) is 0 Å². The zero-order chi connectivity index (χ0) is 10.8. The van der Waals surface area contributed by atoms with Crippen LogP contribution in [-0.2, 0) is 0 Å². The summed E-state index contributed by atoms with van der Waals surface area (Å²) >= 11 is 1.64. The lowest BCUT2D eigenvalue weighted by molar-refractivity contribution is 0.297. The van der Waals surface area contributed by atoms with Crippen molar-refractivity contribution in [3.8, 4) is 11.4 Å². The molecule has 1 aliphatic heterocycles. The van der Waals surface area contributed by atoms with Gasteiger partial charge in [0.15, 0.2) is 0 Å². The summed E-state index contributed by atoms with van der Waals surface area (Å²) in [6.45, 7) is 1.04. The van der Waals surface area contributed by atoms with Crippen LogP contribution in [0.1, 0.15) is 31.2 Å². The third kappa shape index (κ3) is 2.68. The zero-order valence-electron chi connectivity index (χ0n) is 9.26. The van der Waals surface area contributed by atoms with Gasteiger partial charge < -0.3 is 9.84 Å². The van der Waals surface area contributed by atoms with Gasteiger partial charge in [-0.1, -0.05) is 11.6 Å². The average molecular weight is 272 g/mol. The minimum atomic E-state index is 0. The SMILES string of the molecule is Cl.c1cc(-c2noc([C@H]3CCCCN3)n2)cs1. The number of hydrogen-bond acceptors (Lipinski definition) is 5. The van der Waals surface area contributed by atoms with Gasteiger partial charge in [-0.2, -0.15) is 16.3 Å². The Kier molecular flexibility index (Phi) is 4.15. The lowest BCUT2D eigenvalue weighted by Gasteiger charge is -2.19. The van der Waals surface area contributed by atoms with Crippen LogP contribution in [0.15, 0.2) is 21.3 Å². The summed E-state index contributed by atoms with van der Waals surface area (Å²) in [6, 6.07) is 2.25. The van der Waals surface area contributed by atoms with Crippen LogP contribution < -0.4 is 5.32 Å². The van der Waals surface area contributed by atoms with Crippen molar-refractivity contribution in [1.82, 2.24) is 15.5 Å². The number of halogens is 1. The molecule has 2 aromatic heterocycles. The van der Waals surface area contributed by atoms with Crippen molar-refractivity contribution in [2.24, 2.45) is 0 Å². The van der Waals surface area contributed by atoms with E-state index in [2.05, 4.69) is 15.5 Å². The van der Waals surface area contributed by atoms with E-state index in [0.717, 1.165) is 24.4 Å². The molecule has 1 atom stereocenters. The Balaban J connectivity index is 0.00000108. The van der Waals surface area contributed by atoms with Crippen molar-refractivity contribution >= 4 is 23.7 Å². The lowest BCUT2D eigenvalue weighted by atomic mass is 10.1. The quantitative estimate of drug-likeness (QED) is 0.912. The van der Waals surface area contributed by atoms with Crippen molar-refractivity contribution in [2.75, 3.05) is 6.54 Å². The number of thiophene rings is 1. The highest BCUT2D eigenvalue weighted by atomic mass is 35.5. The van der Waals surface area contributed by atoms with Crippen LogP contribution in [0.2, 0.25) is 0 Å². The van der Waals surface area contributed by atoms with E-state index in [1.165, 1.54) is 12.8 Å². The monoisotopic (exact) mass is 271 g/mol. The van der Waals surface area contributed by atoms with E-state index >= 15 is 0 Å². The molecule has 17 heavy (non-hydrogen) atoms. The summed E-state index contributed by atoms with van der Waals surface area (Å²) < 4.78 is 5.31. The van der Waals surface area contributed by atoms with E-state index in [0.29, 0.717) is 5.82 Å². The van der Waals surface area contributed by atoms with Gasteiger partial charge in [0.1, 0.15) is 0 Å². The summed E-state index contributed by atoms with van der Waals surface area (Å²) in [5, 5.41) is 11.5. The maximum atomic E-state index is 5.31. The Morgan fingerprint density at radius 3 is 3.06 bits per heavy atom. The average Bonchev–Trinajstić information content (AvgIpc) is 3.01. The first-order valence-corrected chi connectivity index (χ1v) is 6.47. The normalized spacial score (nSPS) is 19.9. The second-order valence-corrected chi connectivity index (χ2v) is 4.75. The molecule has 4 nitrogen and oxygen atoms in total. The van der Waals surface area contributed by atoms with Crippen LogP contribution >= 0.6 is 23.7 Å². The highest BCUT2D eigenvalue weighted by molar-refractivity contribution is 7.08. The van der Waals surface area contributed by atoms with Crippen LogP contribution in [0, 0.1) is 0 Å². The highest BCUT2D eigenvalue weighted by Crippen LogP contribution is 2.24.